The molecule has 0 saturated heterocycles. The molecule has 0 aromatic carbocycles. The van der Waals surface area contributed by atoms with Gasteiger partial charge in [0.05, 0.1) is 10.2 Å². The van der Waals surface area contributed by atoms with E-state index in [0.717, 1.165) is 5.52 Å². The summed E-state index contributed by atoms with van der Waals surface area (Å²) in [6.45, 7) is 7.07. The molecule has 3 heteroatoms. The number of hydrogen-bond acceptors (Lipinski definition) is 3. The molecule has 1 N–H and O–H groups in total. The number of fused-ring (bicyclic) bond motifs is 1. The zero-order valence-electron chi connectivity index (χ0n) is 12.6. The van der Waals surface area contributed by atoms with E-state index in [1.54, 1.807) is 11.3 Å². The molecule has 108 valence electrons. The van der Waals surface area contributed by atoms with Gasteiger partial charge in [-0.1, -0.05) is 26.7 Å². The quantitative estimate of drug-likeness (QED) is 0.867. The molecule has 2 unspecified atom stereocenters. The van der Waals surface area contributed by atoms with Gasteiger partial charge in [0.25, 0.3) is 0 Å². The monoisotopic (exact) mass is 288 g/mol. The minimum Gasteiger partial charge on any atom is -0.307 e. The molecule has 2 heterocycles. The Balaban J connectivity index is 1.76. The maximum atomic E-state index is 4.56. The van der Waals surface area contributed by atoms with E-state index >= 15 is 0 Å². The molecule has 2 aromatic rings. The summed E-state index contributed by atoms with van der Waals surface area (Å²) in [5.41, 5.74) is 2.83. The number of thiophene rings is 1. The van der Waals surface area contributed by atoms with Crippen LogP contribution in [-0.2, 0) is 0 Å². The van der Waals surface area contributed by atoms with Crippen LogP contribution in [0.15, 0.2) is 23.7 Å². The van der Waals surface area contributed by atoms with E-state index in [-0.39, 0.29) is 0 Å². The Morgan fingerprint density at radius 1 is 1.40 bits per heavy atom. The predicted octanol–water partition coefficient (Wildman–Crippen LogP) is 4.92. The third-order valence-electron chi connectivity index (χ3n) is 4.78. The normalized spacial score (nSPS) is 23.9. The van der Waals surface area contributed by atoms with Crippen molar-refractivity contribution in [2.24, 2.45) is 5.41 Å². The van der Waals surface area contributed by atoms with E-state index in [1.807, 2.05) is 6.20 Å². The highest BCUT2D eigenvalue weighted by Gasteiger charge is 2.32. The molecule has 1 aliphatic rings. The molecule has 0 spiro atoms. The van der Waals surface area contributed by atoms with Gasteiger partial charge in [0.1, 0.15) is 0 Å². The number of nitrogens with one attached hydrogen (secondary N) is 1. The van der Waals surface area contributed by atoms with Crippen molar-refractivity contribution in [2.45, 2.75) is 58.5 Å². The SMILES string of the molecule is CC(NC1CCCCC1(C)C)c1cnc2ccsc2c1. The highest BCUT2D eigenvalue weighted by Crippen LogP contribution is 2.36. The zero-order chi connectivity index (χ0) is 14.2. The molecule has 1 saturated carbocycles. The molecule has 3 rings (SSSR count). The fraction of sp³-hybridized carbons (Fsp3) is 0.588. The molecule has 1 fully saturated rings. The lowest BCUT2D eigenvalue weighted by Crippen LogP contribution is -2.45. The van der Waals surface area contributed by atoms with Gasteiger partial charge in [0, 0.05) is 18.3 Å². The second-order valence-corrected chi connectivity index (χ2v) is 7.70. The summed E-state index contributed by atoms with van der Waals surface area (Å²) in [6, 6.07) is 5.37. The summed E-state index contributed by atoms with van der Waals surface area (Å²) in [5.74, 6) is 0. The van der Waals surface area contributed by atoms with E-state index in [4.69, 9.17) is 0 Å². The van der Waals surface area contributed by atoms with Crippen molar-refractivity contribution in [1.82, 2.24) is 10.3 Å². The van der Waals surface area contributed by atoms with E-state index < -0.39 is 0 Å². The van der Waals surface area contributed by atoms with Crippen LogP contribution >= 0.6 is 11.3 Å². The van der Waals surface area contributed by atoms with Crippen LogP contribution in [0.2, 0.25) is 0 Å². The van der Waals surface area contributed by atoms with Gasteiger partial charge in [-0.15, -0.1) is 11.3 Å². The largest absolute Gasteiger partial charge is 0.307 e. The first-order chi connectivity index (χ1) is 9.56. The van der Waals surface area contributed by atoms with Crippen molar-refractivity contribution >= 4 is 21.6 Å². The van der Waals surface area contributed by atoms with Gasteiger partial charge < -0.3 is 5.32 Å². The van der Waals surface area contributed by atoms with Crippen LogP contribution in [0, 0.1) is 5.41 Å². The second-order valence-electron chi connectivity index (χ2n) is 6.75. The van der Waals surface area contributed by atoms with Gasteiger partial charge in [-0.2, -0.15) is 0 Å². The lowest BCUT2D eigenvalue weighted by atomic mass is 9.73. The first-order valence-electron chi connectivity index (χ1n) is 7.65. The van der Waals surface area contributed by atoms with Crippen LogP contribution in [0.3, 0.4) is 0 Å². The Labute approximate surface area is 125 Å². The van der Waals surface area contributed by atoms with Crippen molar-refractivity contribution in [3.63, 3.8) is 0 Å². The maximum absolute atomic E-state index is 4.56. The Kier molecular flexibility index (Phi) is 3.83. The molecular formula is C17H24N2S. The fourth-order valence-electron chi connectivity index (χ4n) is 3.30. The first kappa shape index (κ1) is 14.0. The molecule has 1 aliphatic carbocycles. The summed E-state index contributed by atoms with van der Waals surface area (Å²) >= 11 is 1.77. The number of aromatic nitrogens is 1. The van der Waals surface area contributed by atoms with Crippen molar-refractivity contribution in [1.29, 1.82) is 0 Å². The van der Waals surface area contributed by atoms with E-state index in [0.29, 0.717) is 17.5 Å². The lowest BCUT2D eigenvalue weighted by Gasteiger charge is -2.40. The highest BCUT2D eigenvalue weighted by molar-refractivity contribution is 7.17. The third kappa shape index (κ3) is 2.75. The molecule has 2 aromatic heterocycles. The van der Waals surface area contributed by atoms with Crippen LogP contribution < -0.4 is 5.32 Å². The molecule has 0 bridgehead atoms. The third-order valence-corrected chi connectivity index (χ3v) is 5.64. The number of pyridine rings is 1. The minimum absolute atomic E-state index is 0.372. The molecule has 20 heavy (non-hydrogen) atoms. The number of nitrogens with zero attached hydrogens (tertiary/aromatic N) is 1. The second kappa shape index (κ2) is 5.45. The standard InChI is InChI=1S/C17H24N2S/c1-12(19-16-6-4-5-8-17(16,2)3)13-10-15-14(18-11-13)7-9-20-15/h7,9-12,16,19H,4-6,8H2,1-3H3. The van der Waals surface area contributed by atoms with Crippen molar-refractivity contribution in [2.75, 3.05) is 0 Å². The van der Waals surface area contributed by atoms with Crippen LogP contribution in [0.1, 0.15) is 58.1 Å². The van der Waals surface area contributed by atoms with Crippen molar-refractivity contribution in [3.8, 4) is 0 Å². The van der Waals surface area contributed by atoms with Crippen LogP contribution in [0.4, 0.5) is 0 Å². The van der Waals surface area contributed by atoms with Crippen LogP contribution in [0.5, 0.6) is 0 Å². The molecule has 0 aliphatic heterocycles. The summed E-state index contributed by atoms with van der Waals surface area (Å²) in [5, 5.41) is 5.96. The highest BCUT2D eigenvalue weighted by atomic mass is 32.1. The van der Waals surface area contributed by atoms with Crippen molar-refractivity contribution < 1.29 is 0 Å². The minimum atomic E-state index is 0.372. The summed E-state index contributed by atoms with van der Waals surface area (Å²) in [4.78, 5) is 4.56. The molecule has 2 nitrogen and oxygen atoms in total. The summed E-state index contributed by atoms with van der Waals surface area (Å²) in [6.07, 6.45) is 7.40. The van der Waals surface area contributed by atoms with Gasteiger partial charge in [0.2, 0.25) is 0 Å². The number of hydrogen-bond donors (Lipinski definition) is 1. The number of rotatable bonds is 3. The summed E-state index contributed by atoms with van der Waals surface area (Å²) in [7, 11) is 0. The van der Waals surface area contributed by atoms with Gasteiger partial charge in [-0.25, -0.2) is 0 Å². The van der Waals surface area contributed by atoms with E-state index in [9.17, 15) is 0 Å². The predicted molar refractivity (Wildman–Crippen MR) is 87.2 cm³/mol. The van der Waals surface area contributed by atoms with Crippen LogP contribution in [0.25, 0.3) is 10.2 Å². The van der Waals surface area contributed by atoms with E-state index in [2.05, 4.69) is 48.6 Å². The van der Waals surface area contributed by atoms with Gasteiger partial charge in [0.15, 0.2) is 0 Å². The molecule has 0 radical (unpaired) electrons. The lowest BCUT2D eigenvalue weighted by molar-refractivity contribution is 0.157. The van der Waals surface area contributed by atoms with Crippen molar-refractivity contribution in [3.05, 3.63) is 29.3 Å². The zero-order valence-corrected chi connectivity index (χ0v) is 13.5. The van der Waals surface area contributed by atoms with Gasteiger partial charge in [-0.05, 0) is 48.3 Å². The van der Waals surface area contributed by atoms with Gasteiger partial charge >= 0.3 is 0 Å². The summed E-state index contributed by atoms with van der Waals surface area (Å²) < 4.78 is 1.29. The van der Waals surface area contributed by atoms with Gasteiger partial charge in [-0.3, -0.25) is 4.98 Å². The average Bonchev–Trinajstić information content (AvgIpc) is 2.88. The first-order valence-corrected chi connectivity index (χ1v) is 8.53. The molecule has 0 amide bonds. The Hall–Kier alpha value is -0.930. The average molecular weight is 288 g/mol. The maximum Gasteiger partial charge on any atom is 0.0809 e. The Bertz CT molecular complexity index is 587. The smallest absolute Gasteiger partial charge is 0.0809 e. The molecule has 2 atom stereocenters. The molecular weight excluding hydrogens is 264 g/mol. The topological polar surface area (TPSA) is 24.9 Å². The Morgan fingerprint density at radius 2 is 2.25 bits per heavy atom. The Morgan fingerprint density at radius 3 is 3.05 bits per heavy atom. The fourth-order valence-corrected chi connectivity index (χ4v) is 4.09. The van der Waals surface area contributed by atoms with Crippen LogP contribution in [-0.4, -0.2) is 11.0 Å². The van der Waals surface area contributed by atoms with E-state index in [1.165, 1.54) is 35.9 Å².